The number of aryl methyl sites for hydroxylation is 2. The summed E-state index contributed by atoms with van der Waals surface area (Å²) < 4.78 is 15.1. The van der Waals surface area contributed by atoms with Crippen LogP contribution in [0.3, 0.4) is 0 Å². The number of hydrogen-bond donors (Lipinski definition) is 2. The molecule has 0 saturated heterocycles. The summed E-state index contributed by atoms with van der Waals surface area (Å²) in [5, 5.41) is 13.4. The maximum absolute atomic E-state index is 10.3. The molecule has 0 amide bonds. The molecular weight excluding hydrogens is 296 g/mol. The zero-order valence-corrected chi connectivity index (χ0v) is 12.9. The average molecular weight is 310 g/mol. The van der Waals surface area contributed by atoms with E-state index in [-0.39, 0.29) is 0 Å². The summed E-state index contributed by atoms with van der Waals surface area (Å²) in [7, 11) is 1.84. The van der Waals surface area contributed by atoms with Gasteiger partial charge in [0.15, 0.2) is 0 Å². The van der Waals surface area contributed by atoms with Crippen molar-refractivity contribution in [3.63, 3.8) is 0 Å². The Hall–Kier alpha value is -1.68. The first-order valence-electron chi connectivity index (χ1n) is 5.84. The minimum atomic E-state index is -1.26. The lowest BCUT2D eigenvalue weighted by molar-refractivity contribution is 0.644. The number of anilines is 1. The third-order valence-corrected chi connectivity index (χ3v) is 4.57. The summed E-state index contributed by atoms with van der Waals surface area (Å²) in [6.45, 7) is 3.78. The van der Waals surface area contributed by atoms with Gasteiger partial charge < -0.3 is 0 Å². The maximum Gasteiger partial charge on any atom is 0.305 e. The molecule has 1 atom stereocenters. The van der Waals surface area contributed by atoms with Crippen LogP contribution in [-0.2, 0) is 18.4 Å². The van der Waals surface area contributed by atoms with Gasteiger partial charge in [-0.2, -0.15) is 19.6 Å². The lowest BCUT2D eigenvalue weighted by atomic mass is 10.2. The van der Waals surface area contributed by atoms with E-state index in [0.717, 1.165) is 17.1 Å². The van der Waals surface area contributed by atoms with Crippen molar-refractivity contribution < 1.29 is 4.55 Å². The van der Waals surface area contributed by atoms with Crippen LogP contribution in [0.25, 0.3) is 0 Å². The predicted octanol–water partition coefficient (Wildman–Crippen LogP) is 3.04. The molecule has 0 bridgehead atoms. The number of hydrogen-bond acceptors (Lipinski definition) is 4. The number of benzene rings is 1. The van der Waals surface area contributed by atoms with Crippen molar-refractivity contribution in [3.05, 3.63) is 40.2 Å². The van der Waals surface area contributed by atoms with Crippen molar-refractivity contribution in [3.8, 4) is 6.07 Å². The SMILES string of the molecule is Cc1nn(C)c(C)c1N[S+](O)c1ccc(C#N)cc1Cl. The Morgan fingerprint density at radius 3 is 2.65 bits per heavy atom. The van der Waals surface area contributed by atoms with Crippen molar-refractivity contribution in [2.45, 2.75) is 18.7 Å². The second-order valence-electron chi connectivity index (χ2n) is 4.31. The highest BCUT2D eigenvalue weighted by Gasteiger charge is 2.27. The third-order valence-electron chi connectivity index (χ3n) is 2.98. The standard InChI is InChI=1S/C13H14ClN4OS/c1-8-13(9(2)18(3)16-8)17-20(19)12-5-4-10(7-15)6-11(12)14/h4-6,17,19H,1-3H3/q+1. The largest absolute Gasteiger partial charge is 0.305 e. The minimum Gasteiger partial charge on any atom is -0.270 e. The van der Waals surface area contributed by atoms with Gasteiger partial charge in [-0.1, -0.05) is 11.6 Å². The van der Waals surface area contributed by atoms with Crippen LogP contribution in [0, 0.1) is 25.2 Å². The van der Waals surface area contributed by atoms with Crippen LogP contribution in [0.4, 0.5) is 5.69 Å². The Kier molecular flexibility index (Phi) is 4.23. The van der Waals surface area contributed by atoms with E-state index in [0.29, 0.717) is 15.5 Å². The molecule has 0 fully saturated rings. The lowest BCUT2D eigenvalue weighted by Gasteiger charge is -2.04. The van der Waals surface area contributed by atoms with Crippen molar-refractivity contribution in [2.75, 3.05) is 4.72 Å². The van der Waals surface area contributed by atoms with E-state index in [1.807, 2.05) is 27.0 Å². The zero-order chi connectivity index (χ0) is 14.9. The first kappa shape index (κ1) is 14.7. The molecule has 20 heavy (non-hydrogen) atoms. The first-order valence-corrected chi connectivity index (χ1v) is 7.40. The van der Waals surface area contributed by atoms with Crippen LogP contribution in [0.15, 0.2) is 23.1 Å². The fourth-order valence-electron chi connectivity index (χ4n) is 1.80. The normalized spacial score (nSPS) is 12.0. The summed E-state index contributed by atoms with van der Waals surface area (Å²) in [4.78, 5) is 0.549. The summed E-state index contributed by atoms with van der Waals surface area (Å²) in [6.07, 6.45) is 0. The van der Waals surface area contributed by atoms with Gasteiger partial charge in [-0.05, 0) is 26.0 Å². The zero-order valence-electron chi connectivity index (χ0n) is 11.3. The molecule has 7 heteroatoms. The van der Waals surface area contributed by atoms with Crippen LogP contribution >= 0.6 is 11.6 Å². The molecule has 0 aliphatic rings. The second kappa shape index (κ2) is 5.75. The van der Waals surface area contributed by atoms with E-state index < -0.39 is 11.4 Å². The highest BCUT2D eigenvalue weighted by molar-refractivity contribution is 7.93. The van der Waals surface area contributed by atoms with Gasteiger partial charge in [-0.15, -0.1) is 0 Å². The Morgan fingerprint density at radius 1 is 1.45 bits per heavy atom. The van der Waals surface area contributed by atoms with Gasteiger partial charge in [0.25, 0.3) is 0 Å². The summed E-state index contributed by atoms with van der Waals surface area (Å²) >= 11 is 4.83. The Bertz CT molecular complexity index is 692. The Labute approximate surface area is 125 Å². The Balaban J connectivity index is 2.29. The number of nitrogens with one attached hydrogen (secondary N) is 1. The molecule has 5 nitrogen and oxygen atoms in total. The number of nitrogens with zero attached hydrogens (tertiary/aromatic N) is 3. The van der Waals surface area contributed by atoms with E-state index in [1.54, 1.807) is 16.8 Å². The summed E-state index contributed by atoms with van der Waals surface area (Å²) in [5.41, 5.74) is 2.99. The van der Waals surface area contributed by atoms with E-state index in [2.05, 4.69) is 9.82 Å². The fourth-order valence-corrected chi connectivity index (χ4v) is 3.24. The van der Waals surface area contributed by atoms with E-state index in [9.17, 15) is 4.55 Å². The molecule has 0 aliphatic carbocycles. The maximum atomic E-state index is 10.3. The van der Waals surface area contributed by atoms with Crippen LogP contribution in [0.5, 0.6) is 0 Å². The summed E-state index contributed by atoms with van der Waals surface area (Å²) in [5.74, 6) is 0. The van der Waals surface area contributed by atoms with Gasteiger partial charge in [-0.3, -0.25) is 4.68 Å². The highest BCUT2D eigenvalue weighted by Crippen LogP contribution is 2.27. The Morgan fingerprint density at radius 2 is 2.15 bits per heavy atom. The van der Waals surface area contributed by atoms with Gasteiger partial charge in [0.1, 0.15) is 10.7 Å². The topological polar surface area (TPSA) is 73.9 Å². The monoisotopic (exact) mass is 309 g/mol. The van der Waals surface area contributed by atoms with Crippen molar-refractivity contribution in [1.82, 2.24) is 9.78 Å². The second-order valence-corrected chi connectivity index (χ2v) is 5.93. The molecule has 0 radical (unpaired) electrons. The molecule has 1 heterocycles. The third kappa shape index (κ3) is 2.75. The number of halogens is 1. The predicted molar refractivity (Wildman–Crippen MR) is 80.7 cm³/mol. The molecule has 0 aliphatic heterocycles. The van der Waals surface area contributed by atoms with Crippen molar-refractivity contribution >= 4 is 28.7 Å². The highest BCUT2D eigenvalue weighted by atomic mass is 35.5. The lowest BCUT2D eigenvalue weighted by Crippen LogP contribution is -2.14. The molecule has 0 saturated carbocycles. The van der Waals surface area contributed by atoms with Gasteiger partial charge >= 0.3 is 11.4 Å². The molecule has 2 rings (SSSR count). The van der Waals surface area contributed by atoms with E-state index >= 15 is 0 Å². The summed E-state index contributed by atoms with van der Waals surface area (Å²) in [6, 6.07) is 6.83. The number of rotatable bonds is 3. The van der Waals surface area contributed by atoms with Gasteiger partial charge in [0.05, 0.1) is 23.0 Å². The van der Waals surface area contributed by atoms with Crippen LogP contribution in [0.2, 0.25) is 5.02 Å². The molecule has 0 spiro atoms. The first-order chi connectivity index (χ1) is 9.43. The fraction of sp³-hybridized carbons (Fsp3) is 0.231. The van der Waals surface area contributed by atoms with E-state index in [4.69, 9.17) is 16.9 Å². The van der Waals surface area contributed by atoms with Crippen LogP contribution < -0.4 is 4.72 Å². The molecule has 1 unspecified atom stereocenters. The van der Waals surface area contributed by atoms with Gasteiger partial charge in [0, 0.05) is 13.1 Å². The van der Waals surface area contributed by atoms with Crippen LogP contribution in [-0.4, -0.2) is 14.3 Å². The van der Waals surface area contributed by atoms with Crippen LogP contribution in [0.1, 0.15) is 17.0 Å². The quantitative estimate of drug-likeness (QED) is 0.855. The van der Waals surface area contributed by atoms with Crippen molar-refractivity contribution in [1.29, 1.82) is 5.26 Å². The number of aromatic nitrogens is 2. The molecule has 1 aromatic carbocycles. The van der Waals surface area contributed by atoms with Crippen molar-refractivity contribution in [2.24, 2.45) is 7.05 Å². The minimum absolute atomic E-state index is 0.363. The van der Waals surface area contributed by atoms with Gasteiger partial charge in [-0.25, -0.2) is 0 Å². The average Bonchev–Trinajstić information content (AvgIpc) is 2.65. The molecule has 2 N–H and O–H groups in total. The molecule has 1 aromatic heterocycles. The smallest absolute Gasteiger partial charge is 0.270 e. The molecular formula is C13H14ClN4OS+. The molecule has 104 valence electrons. The number of nitriles is 1. The molecule has 2 aromatic rings. The van der Waals surface area contributed by atoms with Gasteiger partial charge in [0.2, 0.25) is 4.90 Å². The van der Waals surface area contributed by atoms with E-state index in [1.165, 1.54) is 6.07 Å².